The zero-order valence-electron chi connectivity index (χ0n) is 7.67. The van der Waals surface area contributed by atoms with E-state index in [0.29, 0.717) is 12.4 Å². The van der Waals surface area contributed by atoms with Gasteiger partial charge in [-0.25, -0.2) is 4.98 Å². The van der Waals surface area contributed by atoms with E-state index in [1.54, 1.807) is 6.20 Å². The third-order valence-corrected chi connectivity index (χ3v) is 2.60. The first-order valence-electron chi connectivity index (χ1n) is 4.35. The summed E-state index contributed by atoms with van der Waals surface area (Å²) in [6.07, 6.45) is 1.68. The van der Waals surface area contributed by atoms with Gasteiger partial charge in [0.15, 0.2) is 0 Å². The van der Waals surface area contributed by atoms with Crippen LogP contribution in [0.15, 0.2) is 16.7 Å². The van der Waals surface area contributed by atoms with Crippen LogP contribution in [0, 0.1) is 0 Å². The Kier molecular flexibility index (Phi) is 2.52. The van der Waals surface area contributed by atoms with E-state index in [1.165, 1.54) is 0 Å². The van der Waals surface area contributed by atoms with E-state index in [4.69, 9.17) is 0 Å². The number of hydrogen-bond acceptors (Lipinski definition) is 3. The van der Waals surface area contributed by atoms with Crippen LogP contribution in [0.3, 0.4) is 0 Å². The van der Waals surface area contributed by atoms with E-state index in [9.17, 15) is 4.79 Å². The van der Waals surface area contributed by atoms with Crippen molar-refractivity contribution in [3.8, 4) is 0 Å². The van der Waals surface area contributed by atoms with Crippen molar-refractivity contribution in [3.63, 3.8) is 0 Å². The Morgan fingerprint density at radius 2 is 2.43 bits per heavy atom. The van der Waals surface area contributed by atoms with Crippen molar-refractivity contribution < 1.29 is 4.79 Å². The largest absolute Gasteiger partial charge is 0.309 e. The maximum atomic E-state index is 11.4. The molecular formula is C9H10BrN3O. The number of aromatic nitrogens is 1. The van der Waals surface area contributed by atoms with Gasteiger partial charge in [-0.1, -0.05) is 0 Å². The number of pyridine rings is 1. The van der Waals surface area contributed by atoms with Gasteiger partial charge in [0.05, 0.1) is 6.04 Å². The highest BCUT2D eigenvalue weighted by molar-refractivity contribution is 9.10. The third kappa shape index (κ3) is 1.78. The molecule has 0 saturated carbocycles. The predicted molar refractivity (Wildman–Crippen MR) is 56.9 cm³/mol. The molecule has 74 valence electrons. The van der Waals surface area contributed by atoms with Gasteiger partial charge in [0.2, 0.25) is 5.91 Å². The molecule has 4 nitrogen and oxygen atoms in total. The second-order valence-corrected chi connectivity index (χ2v) is 4.17. The molecule has 2 N–H and O–H groups in total. The Morgan fingerprint density at radius 1 is 1.64 bits per heavy atom. The molecule has 0 unspecified atom stereocenters. The average Bonchev–Trinajstić information content (AvgIpc) is 2.29. The molecule has 5 heteroatoms. The minimum atomic E-state index is -0.178. The minimum Gasteiger partial charge on any atom is -0.309 e. The molecule has 0 saturated heterocycles. The lowest BCUT2D eigenvalue weighted by Gasteiger charge is -2.06. The number of nitrogens with one attached hydrogen (secondary N) is 2. The smallest absolute Gasteiger partial charge is 0.242 e. The van der Waals surface area contributed by atoms with Crippen molar-refractivity contribution in [2.24, 2.45) is 0 Å². The number of carbonyl (C=O) groups is 1. The van der Waals surface area contributed by atoms with Crippen LogP contribution in [-0.4, -0.2) is 16.9 Å². The Bertz CT molecular complexity index is 380. The molecule has 0 fully saturated rings. The summed E-state index contributed by atoms with van der Waals surface area (Å²) in [6.45, 7) is 2.48. The zero-order valence-corrected chi connectivity index (χ0v) is 9.26. The monoisotopic (exact) mass is 255 g/mol. The van der Waals surface area contributed by atoms with Gasteiger partial charge in [0.1, 0.15) is 5.82 Å². The number of rotatable bonds is 0. The third-order valence-electron chi connectivity index (χ3n) is 2.17. The number of fused-ring (bicyclic) bond motifs is 1. The van der Waals surface area contributed by atoms with Gasteiger partial charge in [-0.2, -0.15) is 0 Å². The molecule has 2 heterocycles. The van der Waals surface area contributed by atoms with Crippen molar-refractivity contribution in [1.29, 1.82) is 0 Å². The summed E-state index contributed by atoms with van der Waals surface area (Å²) in [7, 11) is 0. The first kappa shape index (κ1) is 9.61. The fourth-order valence-corrected chi connectivity index (χ4v) is 1.69. The molecule has 0 spiro atoms. The van der Waals surface area contributed by atoms with Crippen molar-refractivity contribution in [3.05, 3.63) is 22.3 Å². The maximum absolute atomic E-state index is 11.4. The normalized spacial score (nSPS) is 21.0. The van der Waals surface area contributed by atoms with E-state index in [1.807, 2.05) is 13.0 Å². The summed E-state index contributed by atoms with van der Waals surface area (Å²) in [5.74, 6) is 0.605. The lowest BCUT2D eigenvalue weighted by molar-refractivity contribution is -0.117. The number of nitrogens with zero attached hydrogens (tertiary/aromatic N) is 1. The summed E-state index contributed by atoms with van der Waals surface area (Å²) < 4.78 is 0.918. The quantitative estimate of drug-likeness (QED) is 0.735. The molecule has 1 aromatic rings. The van der Waals surface area contributed by atoms with Crippen LogP contribution in [-0.2, 0) is 11.3 Å². The van der Waals surface area contributed by atoms with Crippen LogP contribution in [0.1, 0.15) is 12.5 Å². The topological polar surface area (TPSA) is 54.0 Å². The molecule has 1 amide bonds. The van der Waals surface area contributed by atoms with E-state index < -0.39 is 0 Å². The molecular weight excluding hydrogens is 246 g/mol. The second-order valence-electron chi connectivity index (χ2n) is 3.25. The van der Waals surface area contributed by atoms with Gasteiger partial charge in [-0.15, -0.1) is 0 Å². The van der Waals surface area contributed by atoms with Gasteiger partial charge in [-0.05, 0) is 28.9 Å². The minimum absolute atomic E-state index is 0.0430. The number of halogens is 1. The van der Waals surface area contributed by atoms with Gasteiger partial charge >= 0.3 is 0 Å². The molecule has 0 radical (unpaired) electrons. The average molecular weight is 256 g/mol. The van der Waals surface area contributed by atoms with Gasteiger partial charge < -0.3 is 10.6 Å². The van der Waals surface area contributed by atoms with Crippen LogP contribution < -0.4 is 10.6 Å². The fourth-order valence-electron chi connectivity index (χ4n) is 1.31. The van der Waals surface area contributed by atoms with Crippen molar-refractivity contribution >= 4 is 27.7 Å². The summed E-state index contributed by atoms with van der Waals surface area (Å²) >= 11 is 3.34. The van der Waals surface area contributed by atoms with Crippen LogP contribution in [0.25, 0.3) is 0 Å². The van der Waals surface area contributed by atoms with Crippen LogP contribution in [0.4, 0.5) is 5.82 Å². The molecule has 0 aliphatic carbocycles. The molecule has 1 atom stereocenters. The molecule has 1 aliphatic heterocycles. The first-order valence-corrected chi connectivity index (χ1v) is 5.15. The molecule has 0 bridgehead atoms. The highest BCUT2D eigenvalue weighted by Gasteiger charge is 2.19. The van der Waals surface area contributed by atoms with Crippen molar-refractivity contribution in [1.82, 2.24) is 10.3 Å². The SMILES string of the molecule is C[C@H]1NCc2cc(Br)cnc2NC1=O. The number of hydrogen-bond donors (Lipinski definition) is 2. The number of anilines is 1. The summed E-state index contributed by atoms with van der Waals surface area (Å²) in [4.78, 5) is 15.6. The highest BCUT2D eigenvalue weighted by atomic mass is 79.9. The predicted octanol–water partition coefficient (Wildman–Crippen LogP) is 1.27. The van der Waals surface area contributed by atoms with Crippen molar-refractivity contribution in [2.45, 2.75) is 19.5 Å². The molecule has 0 aromatic carbocycles. The molecule has 2 rings (SSSR count). The van der Waals surface area contributed by atoms with Crippen LogP contribution in [0.2, 0.25) is 0 Å². The Balaban J connectivity index is 2.37. The summed E-state index contributed by atoms with van der Waals surface area (Å²) in [5.41, 5.74) is 0.997. The lowest BCUT2D eigenvalue weighted by Crippen LogP contribution is -2.34. The van der Waals surface area contributed by atoms with Gasteiger partial charge in [0.25, 0.3) is 0 Å². The van der Waals surface area contributed by atoms with Crippen LogP contribution in [0.5, 0.6) is 0 Å². The number of carbonyl (C=O) groups excluding carboxylic acids is 1. The van der Waals surface area contributed by atoms with E-state index in [0.717, 1.165) is 10.0 Å². The molecule has 1 aliphatic rings. The molecule has 1 aromatic heterocycles. The standard InChI is InChI=1S/C9H10BrN3O/c1-5-9(14)13-8-6(3-11-5)2-7(10)4-12-8/h2,4-5,11H,3H2,1H3,(H,12,13,14)/t5-/m1/s1. The lowest BCUT2D eigenvalue weighted by atomic mass is 10.2. The van der Waals surface area contributed by atoms with E-state index >= 15 is 0 Å². The Hall–Kier alpha value is -0.940. The fraction of sp³-hybridized carbons (Fsp3) is 0.333. The Morgan fingerprint density at radius 3 is 3.21 bits per heavy atom. The summed E-state index contributed by atoms with van der Waals surface area (Å²) in [6, 6.07) is 1.77. The number of amides is 1. The first-order chi connectivity index (χ1) is 6.66. The zero-order chi connectivity index (χ0) is 10.1. The molecule has 14 heavy (non-hydrogen) atoms. The van der Waals surface area contributed by atoms with Crippen LogP contribution >= 0.6 is 15.9 Å². The van der Waals surface area contributed by atoms with Gasteiger partial charge in [0, 0.05) is 22.8 Å². The van der Waals surface area contributed by atoms with Crippen molar-refractivity contribution in [2.75, 3.05) is 5.32 Å². The van der Waals surface area contributed by atoms with Gasteiger partial charge in [-0.3, -0.25) is 4.79 Å². The van der Waals surface area contributed by atoms with E-state index in [-0.39, 0.29) is 11.9 Å². The second kappa shape index (κ2) is 3.67. The Labute approximate surface area is 90.2 Å². The highest BCUT2D eigenvalue weighted by Crippen LogP contribution is 2.19. The maximum Gasteiger partial charge on any atom is 0.242 e. The van der Waals surface area contributed by atoms with E-state index in [2.05, 4.69) is 31.5 Å². The summed E-state index contributed by atoms with van der Waals surface area (Å²) in [5, 5.41) is 5.87.